The first-order valence-corrected chi connectivity index (χ1v) is 11.6. The second kappa shape index (κ2) is 9.30. The van der Waals surface area contributed by atoms with Gasteiger partial charge >= 0.3 is 5.69 Å². The van der Waals surface area contributed by atoms with E-state index in [0.717, 1.165) is 24.2 Å². The monoisotopic (exact) mass is 461 g/mol. The molecule has 5 rings (SSSR count). The summed E-state index contributed by atoms with van der Waals surface area (Å²) in [7, 11) is 0. The maximum absolute atomic E-state index is 13.5. The molecule has 1 aliphatic rings. The minimum atomic E-state index is -0.371. The van der Waals surface area contributed by atoms with E-state index in [4.69, 9.17) is 13.9 Å². The number of aryl methyl sites for hydroxylation is 1. The highest BCUT2D eigenvalue weighted by Crippen LogP contribution is 2.25. The Balaban J connectivity index is 1.54. The summed E-state index contributed by atoms with van der Waals surface area (Å²) in [4.78, 5) is 31.3. The average Bonchev–Trinajstić information content (AvgIpc) is 3.50. The van der Waals surface area contributed by atoms with Crippen molar-refractivity contribution >= 4 is 10.9 Å². The first-order chi connectivity index (χ1) is 16.5. The molecule has 0 aliphatic carbocycles. The molecule has 1 saturated heterocycles. The molecule has 1 fully saturated rings. The van der Waals surface area contributed by atoms with Gasteiger partial charge < -0.3 is 13.9 Å². The van der Waals surface area contributed by atoms with Gasteiger partial charge in [-0.3, -0.25) is 13.9 Å². The van der Waals surface area contributed by atoms with Gasteiger partial charge in [0, 0.05) is 12.2 Å². The number of para-hydroxylation sites is 1. The summed E-state index contributed by atoms with van der Waals surface area (Å²) in [6.07, 6.45) is 1.65. The van der Waals surface area contributed by atoms with Gasteiger partial charge in [0.05, 0.1) is 36.7 Å². The van der Waals surface area contributed by atoms with E-state index in [1.54, 1.807) is 22.8 Å². The van der Waals surface area contributed by atoms with Gasteiger partial charge in [0.25, 0.3) is 5.56 Å². The molecule has 0 N–H and O–H groups in total. The summed E-state index contributed by atoms with van der Waals surface area (Å²) in [6, 6.07) is 14.7. The lowest BCUT2D eigenvalue weighted by molar-refractivity contribution is 0.0948. The Kier molecular flexibility index (Phi) is 6.06. The summed E-state index contributed by atoms with van der Waals surface area (Å²) in [5, 5.41) is 0.494. The van der Waals surface area contributed by atoms with Gasteiger partial charge in [-0.15, -0.1) is 0 Å². The zero-order chi connectivity index (χ0) is 23.7. The highest BCUT2D eigenvalue weighted by molar-refractivity contribution is 5.77. The third-order valence-corrected chi connectivity index (χ3v) is 6.16. The number of hydrogen-bond donors (Lipinski definition) is 0. The molecular formula is C26H27N3O5. The van der Waals surface area contributed by atoms with Crippen LogP contribution in [0.2, 0.25) is 0 Å². The Hall–Kier alpha value is -3.65. The minimum Gasteiger partial charge on any atom is -0.494 e. The lowest BCUT2D eigenvalue weighted by Gasteiger charge is -2.16. The van der Waals surface area contributed by atoms with Crippen LogP contribution in [0.25, 0.3) is 22.4 Å². The molecule has 0 unspecified atom stereocenters. The molecule has 0 amide bonds. The predicted molar refractivity (Wildman–Crippen MR) is 128 cm³/mol. The number of oxazole rings is 1. The number of rotatable bonds is 7. The van der Waals surface area contributed by atoms with Gasteiger partial charge in [-0.05, 0) is 63.1 Å². The average molecular weight is 462 g/mol. The van der Waals surface area contributed by atoms with Gasteiger partial charge in [0.1, 0.15) is 17.2 Å². The van der Waals surface area contributed by atoms with Crippen LogP contribution < -0.4 is 16.0 Å². The number of nitrogens with zero attached hydrogens (tertiary/aromatic N) is 3. The Morgan fingerprint density at radius 3 is 2.62 bits per heavy atom. The van der Waals surface area contributed by atoms with Crippen LogP contribution in [0, 0.1) is 6.92 Å². The molecule has 2 aromatic heterocycles. The van der Waals surface area contributed by atoms with Crippen LogP contribution in [-0.2, 0) is 17.8 Å². The fraction of sp³-hybridized carbons (Fsp3) is 0.346. The Labute approximate surface area is 196 Å². The van der Waals surface area contributed by atoms with Gasteiger partial charge in [-0.25, -0.2) is 9.78 Å². The zero-order valence-corrected chi connectivity index (χ0v) is 19.3. The Morgan fingerprint density at radius 1 is 1.09 bits per heavy atom. The molecule has 176 valence electrons. The molecule has 3 heterocycles. The van der Waals surface area contributed by atoms with E-state index in [1.165, 1.54) is 4.57 Å². The normalized spacial score (nSPS) is 15.8. The zero-order valence-electron chi connectivity index (χ0n) is 19.3. The van der Waals surface area contributed by atoms with Crippen molar-refractivity contribution in [2.45, 2.75) is 45.9 Å². The molecule has 34 heavy (non-hydrogen) atoms. The molecule has 0 radical (unpaired) electrons. The van der Waals surface area contributed by atoms with Crippen molar-refractivity contribution in [1.82, 2.24) is 14.1 Å². The lowest BCUT2D eigenvalue weighted by Crippen LogP contribution is -2.42. The van der Waals surface area contributed by atoms with Crippen molar-refractivity contribution in [3.8, 4) is 17.2 Å². The molecular weight excluding hydrogens is 434 g/mol. The largest absolute Gasteiger partial charge is 0.494 e. The van der Waals surface area contributed by atoms with E-state index in [9.17, 15) is 9.59 Å². The topological polar surface area (TPSA) is 88.5 Å². The van der Waals surface area contributed by atoms with Gasteiger partial charge in [-0.2, -0.15) is 0 Å². The van der Waals surface area contributed by atoms with E-state index >= 15 is 0 Å². The molecule has 0 bridgehead atoms. The van der Waals surface area contributed by atoms with E-state index in [0.29, 0.717) is 41.5 Å². The summed E-state index contributed by atoms with van der Waals surface area (Å²) in [5.74, 6) is 1.87. The van der Waals surface area contributed by atoms with Crippen LogP contribution in [0.3, 0.4) is 0 Å². The Bertz CT molecular complexity index is 1430. The smallest absolute Gasteiger partial charge is 0.331 e. The summed E-state index contributed by atoms with van der Waals surface area (Å²) >= 11 is 0. The van der Waals surface area contributed by atoms with Crippen molar-refractivity contribution in [1.29, 1.82) is 0 Å². The molecule has 1 atom stereocenters. The second-order valence-electron chi connectivity index (χ2n) is 8.42. The SMILES string of the molecule is CCOc1ccc(-c2nc(Cn3c(=O)n(C[C@H]4CCCO4)c(=O)c4ccccc43)c(C)o2)cc1. The third-order valence-electron chi connectivity index (χ3n) is 6.16. The molecule has 8 heteroatoms. The van der Waals surface area contributed by atoms with E-state index in [1.807, 2.05) is 44.2 Å². The van der Waals surface area contributed by atoms with E-state index in [-0.39, 0.29) is 30.4 Å². The van der Waals surface area contributed by atoms with Crippen LogP contribution in [0.4, 0.5) is 0 Å². The molecule has 0 spiro atoms. The summed E-state index contributed by atoms with van der Waals surface area (Å²) in [5.41, 5.74) is 1.37. The van der Waals surface area contributed by atoms with Crippen LogP contribution in [0.5, 0.6) is 5.75 Å². The van der Waals surface area contributed by atoms with Crippen molar-refractivity contribution in [3.63, 3.8) is 0 Å². The van der Waals surface area contributed by atoms with Gasteiger partial charge in [0.15, 0.2) is 0 Å². The fourth-order valence-corrected chi connectivity index (χ4v) is 4.39. The molecule has 4 aromatic rings. The van der Waals surface area contributed by atoms with Crippen molar-refractivity contribution in [3.05, 3.63) is 80.8 Å². The summed E-state index contributed by atoms with van der Waals surface area (Å²) < 4.78 is 20.0. The quantitative estimate of drug-likeness (QED) is 0.417. The Morgan fingerprint density at radius 2 is 1.88 bits per heavy atom. The molecule has 2 aromatic carbocycles. The standard InChI is InChI=1S/C26H27N3O5/c1-3-32-19-12-10-18(11-13-19)24-27-22(17(2)34-24)16-28-23-9-5-4-8-21(23)25(30)29(26(28)31)15-20-7-6-14-33-20/h4-5,8-13,20H,3,6-7,14-16H2,1-2H3/t20-/m1/s1. The number of fused-ring (bicyclic) bond motifs is 1. The van der Waals surface area contributed by atoms with Crippen molar-refractivity contribution < 1.29 is 13.9 Å². The van der Waals surface area contributed by atoms with E-state index in [2.05, 4.69) is 4.98 Å². The van der Waals surface area contributed by atoms with Crippen LogP contribution in [0.15, 0.2) is 62.5 Å². The highest BCUT2D eigenvalue weighted by Gasteiger charge is 2.21. The van der Waals surface area contributed by atoms with Gasteiger partial charge in [-0.1, -0.05) is 12.1 Å². The van der Waals surface area contributed by atoms with Crippen molar-refractivity contribution in [2.75, 3.05) is 13.2 Å². The van der Waals surface area contributed by atoms with Crippen molar-refractivity contribution in [2.24, 2.45) is 0 Å². The maximum Gasteiger partial charge on any atom is 0.331 e. The van der Waals surface area contributed by atoms with Crippen LogP contribution in [0.1, 0.15) is 31.2 Å². The fourth-order valence-electron chi connectivity index (χ4n) is 4.39. The van der Waals surface area contributed by atoms with Gasteiger partial charge in [0.2, 0.25) is 5.89 Å². The third kappa shape index (κ3) is 4.17. The molecule has 1 aliphatic heterocycles. The first-order valence-electron chi connectivity index (χ1n) is 11.6. The second-order valence-corrected chi connectivity index (χ2v) is 8.42. The minimum absolute atomic E-state index is 0.125. The first kappa shape index (κ1) is 22.2. The summed E-state index contributed by atoms with van der Waals surface area (Å²) in [6.45, 7) is 5.46. The number of benzene rings is 2. The molecule has 0 saturated carbocycles. The molecule has 8 nitrogen and oxygen atoms in total. The maximum atomic E-state index is 13.5. The van der Waals surface area contributed by atoms with E-state index < -0.39 is 0 Å². The predicted octanol–water partition coefficient (Wildman–Crippen LogP) is 3.75. The number of aromatic nitrogens is 3. The number of hydrogen-bond acceptors (Lipinski definition) is 6. The van der Waals surface area contributed by atoms with Crippen LogP contribution in [-0.4, -0.2) is 33.4 Å². The van der Waals surface area contributed by atoms with Crippen LogP contribution >= 0.6 is 0 Å². The lowest BCUT2D eigenvalue weighted by atomic mass is 10.2. The highest BCUT2D eigenvalue weighted by atomic mass is 16.5. The number of ether oxygens (including phenoxy) is 2.